The van der Waals surface area contributed by atoms with E-state index in [0.717, 1.165) is 0 Å². The van der Waals surface area contributed by atoms with Gasteiger partial charge in [-0.25, -0.2) is 0 Å². The Morgan fingerprint density at radius 3 is 2.86 bits per heavy atom. The van der Waals surface area contributed by atoms with Crippen LogP contribution < -0.4 is 11.1 Å². The fourth-order valence-corrected chi connectivity index (χ4v) is 1.19. The lowest BCUT2D eigenvalue weighted by atomic mass is 10.3. The van der Waals surface area contributed by atoms with Gasteiger partial charge in [-0.15, -0.1) is 6.58 Å². The average molecular weight is 194 g/mol. The maximum absolute atomic E-state index is 11.6. The van der Waals surface area contributed by atoms with Crippen molar-refractivity contribution in [2.45, 2.75) is 6.92 Å². The zero-order valence-corrected chi connectivity index (χ0v) is 8.37. The number of anilines is 1. The Labute approximate surface area is 82.6 Å². The number of aromatic nitrogens is 2. The van der Waals surface area contributed by atoms with Gasteiger partial charge in [-0.3, -0.25) is 9.48 Å². The number of aryl methyl sites for hydroxylation is 2. The number of nitrogen functional groups attached to an aromatic ring is 1. The van der Waals surface area contributed by atoms with Crippen LogP contribution in [-0.2, 0) is 7.05 Å². The molecule has 0 atom stereocenters. The van der Waals surface area contributed by atoms with Gasteiger partial charge in [-0.1, -0.05) is 6.08 Å². The van der Waals surface area contributed by atoms with Crippen molar-refractivity contribution in [3.8, 4) is 0 Å². The van der Waals surface area contributed by atoms with Crippen LogP contribution in [0.5, 0.6) is 0 Å². The second-order valence-electron chi connectivity index (χ2n) is 2.97. The first-order valence-electron chi connectivity index (χ1n) is 4.26. The van der Waals surface area contributed by atoms with Gasteiger partial charge in [0, 0.05) is 13.6 Å². The van der Waals surface area contributed by atoms with Crippen LogP contribution in [-0.4, -0.2) is 22.2 Å². The molecular weight excluding hydrogens is 180 g/mol. The molecule has 0 spiro atoms. The summed E-state index contributed by atoms with van der Waals surface area (Å²) < 4.78 is 1.48. The Kier molecular flexibility index (Phi) is 2.91. The third kappa shape index (κ3) is 1.76. The van der Waals surface area contributed by atoms with Crippen LogP contribution in [0.3, 0.4) is 0 Å². The molecule has 0 saturated heterocycles. The first-order valence-corrected chi connectivity index (χ1v) is 4.26. The standard InChI is InChI=1S/C9H14N4O/c1-4-5-11-9(14)8-7(10)6(2)12-13(8)3/h4H,1,5,10H2,2-3H3,(H,11,14). The summed E-state index contributed by atoms with van der Waals surface area (Å²) in [5, 5.41) is 6.69. The summed E-state index contributed by atoms with van der Waals surface area (Å²) in [6.07, 6.45) is 1.61. The van der Waals surface area contributed by atoms with Crippen LogP contribution in [0.15, 0.2) is 12.7 Å². The number of nitrogens with two attached hydrogens (primary N) is 1. The predicted octanol–water partition coefficient (Wildman–Crippen LogP) is 0.227. The molecule has 1 amide bonds. The molecule has 1 aromatic heterocycles. The molecular formula is C9H14N4O. The molecule has 0 unspecified atom stereocenters. The van der Waals surface area contributed by atoms with E-state index in [0.29, 0.717) is 23.6 Å². The second-order valence-corrected chi connectivity index (χ2v) is 2.97. The van der Waals surface area contributed by atoms with E-state index in [9.17, 15) is 4.79 Å². The highest BCUT2D eigenvalue weighted by Gasteiger charge is 2.16. The number of hydrogen-bond acceptors (Lipinski definition) is 3. The fraction of sp³-hybridized carbons (Fsp3) is 0.333. The van der Waals surface area contributed by atoms with E-state index < -0.39 is 0 Å². The molecule has 1 aromatic rings. The minimum atomic E-state index is -0.231. The van der Waals surface area contributed by atoms with Gasteiger partial charge in [-0.2, -0.15) is 5.10 Å². The van der Waals surface area contributed by atoms with E-state index in [1.54, 1.807) is 20.0 Å². The summed E-state index contributed by atoms with van der Waals surface area (Å²) in [7, 11) is 1.69. The lowest BCUT2D eigenvalue weighted by molar-refractivity contribution is 0.0949. The van der Waals surface area contributed by atoms with Gasteiger partial charge in [0.2, 0.25) is 0 Å². The lowest BCUT2D eigenvalue weighted by Gasteiger charge is -2.03. The summed E-state index contributed by atoms with van der Waals surface area (Å²) in [6, 6.07) is 0. The molecule has 0 bridgehead atoms. The van der Waals surface area contributed by atoms with Crippen molar-refractivity contribution in [3.05, 3.63) is 24.0 Å². The Bertz CT molecular complexity index is 367. The maximum atomic E-state index is 11.6. The molecule has 0 aliphatic carbocycles. The lowest BCUT2D eigenvalue weighted by Crippen LogP contribution is -2.26. The van der Waals surface area contributed by atoms with E-state index >= 15 is 0 Å². The summed E-state index contributed by atoms with van der Waals surface area (Å²) in [5.74, 6) is -0.231. The van der Waals surface area contributed by atoms with Crippen LogP contribution in [0.2, 0.25) is 0 Å². The molecule has 3 N–H and O–H groups in total. The number of rotatable bonds is 3. The Morgan fingerprint density at radius 2 is 2.43 bits per heavy atom. The molecule has 5 nitrogen and oxygen atoms in total. The average Bonchev–Trinajstić information content (AvgIpc) is 2.38. The Balaban J connectivity index is 2.94. The monoisotopic (exact) mass is 194 g/mol. The first kappa shape index (κ1) is 10.3. The van der Waals surface area contributed by atoms with Gasteiger partial charge < -0.3 is 11.1 Å². The number of hydrogen-bond donors (Lipinski definition) is 2. The van der Waals surface area contributed by atoms with Crippen molar-refractivity contribution in [1.29, 1.82) is 0 Å². The molecule has 0 aliphatic rings. The Hall–Kier alpha value is -1.78. The molecule has 14 heavy (non-hydrogen) atoms. The molecule has 0 radical (unpaired) electrons. The van der Waals surface area contributed by atoms with Gasteiger partial charge in [0.1, 0.15) is 5.69 Å². The van der Waals surface area contributed by atoms with Crippen molar-refractivity contribution in [1.82, 2.24) is 15.1 Å². The minimum absolute atomic E-state index is 0.231. The Morgan fingerprint density at radius 1 is 1.79 bits per heavy atom. The summed E-state index contributed by atoms with van der Waals surface area (Å²) in [4.78, 5) is 11.6. The predicted molar refractivity (Wildman–Crippen MR) is 54.9 cm³/mol. The number of carbonyl (C=O) groups is 1. The van der Waals surface area contributed by atoms with Crippen LogP contribution >= 0.6 is 0 Å². The van der Waals surface area contributed by atoms with Crippen LogP contribution in [0.1, 0.15) is 16.2 Å². The van der Waals surface area contributed by atoms with Crippen molar-refractivity contribution in [3.63, 3.8) is 0 Å². The van der Waals surface area contributed by atoms with Crippen molar-refractivity contribution >= 4 is 11.6 Å². The second kappa shape index (κ2) is 3.95. The number of nitrogens with one attached hydrogen (secondary N) is 1. The van der Waals surface area contributed by atoms with Gasteiger partial charge in [-0.05, 0) is 6.92 Å². The van der Waals surface area contributed by atoms with E-state index in [-0.39, 0.29) is 5.91 Å². The maximum Gasteiger partial charge on any atom is 0.271 e. The largest absolute Gasteiger partial charge is 0.395 e. The molecule has 0 aliphatic heterocycles. The van der Waals surface area contributed by atoms with E-state index in [2.05, 4.69) is 17.0 Å². The quantitative estimate of drug-likeness (QED) is 0.676. The summed E-state index contributed by atoms with van der Waals surface area (Å²) >= 11 is 0. The summed E-state index contributed by atoms with van der Waals surface area (Å²) in [6.45, 7) is 5.69. The molecule has 0 fully saturated rings. The van der Waals surface area contributed by atoms with Gasteiger partial charge in [0.25, 0.3) is 5.91 Å². The zero-order valence-electron chi connectivity index (χ0n) is 8.37. The summed E-state index contributed by atoms with van der Waals surface area (Å²) in [5.41, 5.74) is 7.19. The molecule has 1 heterocycles. The van der Waals surface area contributed by atoms with Gasteiger partial charge in [0.15, 0.2) is 0 Å². The smallest absolute Gasteiger partial charge is 0.271 e. The van der Waals surface area contributed by atoms with Crippen molar-refractivity contribution in [2.75, 3.05) is 12.3 Å². The van der Waals surface area contributed by atoms with Crippen LogP contribution in [0.4, 0.5) is 5.69 Å². The number of amides is 1. The molecule has 0 aromatic carbocycles. The highest BCUT2D eigenvalue weighted by atomic mass is 16.2. The van der Waals surface area contributed by atoms with Gasteiger partial charge >= 0.3 is 0 Å². The minimum Gasteiger partial charge on any atom is -0.395 e. The van der Waals surface area contributed by atoms with Crippen LogP contribution in [0, 0.1) is 6.92 Å². The molecule has 1 rings (SSSR count). The van der Waals surface area contributed by atoms with E-state index in [1.165, 1.54) is 4.68 Å². The zero-order chi connectivity index (χ0) is 10.7. The van der Waals surface area contributed by atoms with Gasteiger partial charge in [0.05, 0.1) is 11.4 Å². The molecule has 5 heteroatoms. The van der Waals surface area contributed by atoms with E-state index in [4.69, 9.17) is 5.73 Å². The highest BCUT2D eigenvalue weighted by Crippen LogP contribution is 2.14. The fourth-order valence-electron chi connectivity index (χ4n) is 1.19. The van der Waals surface area contributed by atoms with Crippen molar-refractivity contribution in [2.24, 2.45) is 7.05 Å². The third-order valence-electron chi connectivity index (χ3n) is 1.89. The van der Waals surface area contributed by atoms with Crippen molar-refractivity contribution < 1.29 is 4.79 Å². The number of nitrogens with zero attached hydrogens (tertiary/aromatic N) is 2. The normalized spacial score (nSPS) is 9.86. The molecule has 76 valence electrons. The highest BCUT2D eigenvalue weighted by molar-refractivity contribution is 5.97. The van der Waals surface area contributed by atoms with E-state index in [1.807, 2.05) is 0 Å². The third-order valence-corrected chi connectivity index (χ3v) is 1.89. The van der Waals surface area contributed by atoms with Crippen LogP contribution in [0.25, 0.3) is 0 Å². The SMILES string of the molecule is C=CCNC(=O)c1c(N)c(C)nn1C. The molecule has 0 saturated carbocycles. The first-order chi connectivity index (χ1) is 6.57. The topological polar surface area (TPSA) is 72.9 Å². The number of carbonyl (C=O) groups excluding carboxylic acids is 1.